The van der Waals surface area contributed by atoms with E-state index in [0.29, 0.717) is 0 Å². The zero-order chi connectivity index (χ0) is 24.6. The van der Waals surface area contributed by atoms with Gasteiger partial charge in [0.05, 0.1) is 5.56 Å². The Morgan fingerprint density at radius 3 is 2.27 bits per heavy atom. The second kappa shape index (κ2) is 9.17. The second-order valence-corrected chi connectivity index (χ2v) is 7.88. The number of pyridine rings is 1. The number of nitrogens with zero attached hydrogens (tertiary/aromatic N) is 1. The highest BCUT2D eigenvalue weighted by Gasteiger charge is 2.59. The predicted octanol–water partition coefficient (Wildman–Crippen LogP) is 6.57. The molecule has 33 heavy (non-hydrogen) atoms. The summed E-state index contributed by atoms with van der Waals surface area (Å²) in [5.41, 5.74) is -4.50. The highest BCUT2D eigenvalue weighted by atomic mass is 35.5. The Hall–Kier alpha value is -2.88. The first-order valence-corrected chi connectivity index (χ1v) is 10.0. The zero-order valence-corrected chi connectivity index (χ0v) is 18.2. The van der Waals surface area contributed by atoms with Crippen molar-refractivity contribution < 1.29 is 37.3 Å². The van der Waals surface area contributed by atoms with Crippen LogP contribution in [0.5, 0.6) is 11.5 Å². The Morgan fingerprint density at radius 2 is 1.70 bits per heavy atom. The number of hydrogen-bond donors (Lipinski definition) is 2. The average Bonchev–Trinajstić information content (AvgIpc) is 2.73. The number of aromatic carboxylic acids is 1. The van der Waals surface area contributed by atoms with E-state index in [1.807, 2.05) is 0 Å². The number of carbonyl (C=O) groups is 1. The van der Waals surface area contributed by atoms with Gasteiger partial charge in [0.1, 0.15) is 22.5 Å². The average molecular weight is 504 g/mol. The number of aromatic nitrogens is 1. The molecule has 0 spiro atoms. The van der Waals surface area contributed by atoms with Crippen molar-refractivity contribution in [3.8, 4) is 11.5 Å². The molecule has 0 aliphatic heterocycles. The van der Waals surface area contributed by atoms with Gasteiger partial charge in [-0.1, -0.05) is 36.2 Å². The fraction of sp³-hybridized carbons (Fsp3) is 0.182. The number of hydrogen-bond acceptors (Lipinski definition) is 4. The van der Waals surface area contributed by atoms with E-state index in [4.69, 9.17) is 33.0 Å². The maximum atomic E-state index is 14.0. The maximum absolute atomic E-state index is 14.0. The van der Waals surface area contributed by atoms with E-state index in [9.17, 15) is 27.5 Å². The Kier molecular flexibility index (Phi) is 6.88. The molecule has 174 valence electrons. The summed E-state index contributed by atoms with van der Waals surface area (Å²) < 4.78 is 61.1. The number of benzene rings is 2. The minimum absolute atomic E-state index is 0.0242. The number of halogens is 6. The van der Waals surface area contributed by atoms with Gasteiger partial charge in [0.15, 0.2) is 5.60 Å². The lowest BCUT2D eigenvalue weighted by Gasteiger charge is -2.37. The van der Waals surface area contributed by atoms with Crippen LogP contribution in [0.1, 0.15) is 34.3 Å². The van der Waals surface area contributed by atoms with Crippen LogP contribution in [0.4, 0.5) is 17.6 Å². The fourth-order valence-corrected chi connectivity index (χ4v) is 3.82. The molecule has 1 aromatic heterocycles. The summed E-state index contributed by atoms with van der Waals surface area (Å²) >= 11 is 12.0. The van der Waals surface area contributed by atoms with Crippen molar-refractivity contribution in [2.75, 3.05) is 0 Å². The number of aliphatic hydroxyl groups is 1. The van der Waals surface area contributed by atoms with Gasteiger partial charge in [-0.3, -0.25) is 0 Å². The van der Waals surface area contributed by atoms with Gasteiger partial charge >= 0.3 is 12.1 Å². The molecule has 2 unspecified atom stereocenters. The normalized spacial score (nSPS) is 14.4. The van der Waals surface area contributed by atoms with Crippen LogP contribution < -0.4 is 4.74 Å². The van der Waals surface area contributed by atoms with E-state index < -0.39 is 40.6 Å². The molecule has 11 heteroatoms. The largest absolute Gasteiger partial charge is 0.478 e. The Labute approximate surface area is 195 Å². The standard InChI is InChI=1S/C22H15Cl2F4NO4/c1-11(21(32,22(26,27)28)12-6-7-29-19(24)8-12)15-4-2-14(10-17(15)23)33-13-3-5-18(25)16(9-13)20(30)31/h2-11,32H,1H3,(H,30,31). The van der Waals surface area contributed by atoms with Crippen LogP contribution in [0.25, 0.3) is 0 Å². The molecule has 0 radical (unpaired) electrons. The first-order valence-electron chi connectivity index (χ1n) is 9.26. The molecule has 0 bridgehead atoms. The summed E-state index contributed by atoms with van der Waals surface area (Å²) in [5.74, 6) is -3.99. The molecule has 2 aromatic carbocycles. The second-order valence-electron chi connectivity index (χ2n) is 7.09. The van der Waals surface area contributed by atoms with E-state index in [1.54, 1.807) is 0 Å². The third kappa shape index (κ3) is 4.90. The number of alkyl halides is 3. The van der Waals surface area contributed by atoms with Crippen LogP contribution in [-0.4, -0.2) is 27.3 Å². The van der Waals surface area contributed by atoms with Crippen LogP contribution >= 0.6 is 23.2 Å². The molecular weight excluding hydrogens is 489 g/mol. The molecule has 0 amide bonds. The van der Waals surface area contributed by atoms with Gasteiger partial charge in [0, 0.05) is 17.1 Å². The van der Waals surface area contributed by atoms with Gasteiger partial charge in [-0.2, -0.15) is 13.2 Å². The summed E-state index contributed by atoms with van der Waals surface area (Å²) in [6.45, 7) is 1.16. The molecule has 5 nitrogen and oxygen atoms in total. The van der Waals surface area contributed by atoms with E-state index in [1.165, 1.54) is 24.3 Å². The fourth-order valence-electron chi connectivity index (χ4n) is 3.31. The molecule has 0 saturated carbocycles. The lowest BCUT2D eigenvalue weighted by atomic mass is 9.78. The van der Waals surface area contributed by atoms with Crippen molar-refractivity contribution in [1.29, 1.82) is 0 Å². The molecule has 0 saturated heterocycles. The van der Waals surface area contributed by atoms with Crippen LogP contribution in [-0.2, 0) is 5.60 Å². The first-order chi connectivity index (χ1) is 15.3. The quantitative estimate of drug-likeness (QED) is 0.293. The Balaban J connectivity index is 1.97. The number of carboxylic acids is 1. The zero-order valence-electron chi connectivity index (χ0n) is 16.7. The van der Waals surface area contributed by atoms with Gasteiger partial charge in [-0.25, -0.2) is 14.2 Å². The van der Waals surface area contributed by atoms with Crippen LogP contribution in [0.2, 0.25) is 10.2 Å². The third-order valence-corrected chi connectivity index (χ3v) is 5.60. The van der Waals surface area contributed by atoms with Gasteiger partial charge < -0.3 is 14.9 Å². The lowest BCUT2D eigenvalue weighted by Crippen LogP contribution is -2.46. The minimum atomic E-state index is -5.09. The van der Waals surface area contributed by atoms with Gasteiger partial charge in [-0.15, -0.1) is 0 Å². The van der Waals surface area contributed by atoms with Crippen molar-refractivity contribution in [3.05, 3.63) is 87.4 Å². The smallest absolute Gasteiger partial charge is 0.422 e. The molecule has 2 N–H and O–H groups in total. The monoisotopic (exact) mass is 503 g/mol. The number of carboxylic acid groups (broad SMARTS) is 1. The lowest BCUT2D eigenvalue weighted by molar-refractivity contribution is -0.274. The van der Waals surface area contributed by atoms with Crippen molar-refractivity contribution in [2.24, 2.45) is 0 Å². The summed E-state index contributed by atoms with van der Waals surface area (Å²) in [6.07, 6.45) is -4.04. The molecule has 0 fully saturated rings. The van der Waals surface area contributed by atoms with Crippen LogP contribution in [0.3, 0.4) is 0 Å². The highest BCUT2D eigenvalue weighted by molar-refractivity contribution is 6.31. The summed E-state index contributed by atoms with van der Waals surface area (Å²) in [4.78, 5) is 14.7. The first kappa shape index (κ1) is 24.8. The van der Waals surface area contributed by atoms with Crippen LogP contribution in [0.15, 0.2) is 54.7 Å². The minimum Gasteiger partial charge on any atom is -0.478 e. The topological polar surface area (TPSA) is 79.7 Å². The Bertz CT molecular complexity index is 1210. The van der Waals surface area contributed by atoms with Crippen molar-refractivity contribution in [1.82, 2.24) is 4.98 Å². The molecule has 0 aliphatic carbocycles. The van der Waals surface area contributed by atoms with Crippen LogP contribution in [0, 0.1) is 5.82 Å². The van der Waals surface area contributed by atoms with E-state index in [-0.39, 0.29) is 27.2 Å². The van der Waals surface area contributed by atoms with Crippen molar-refractivity contribution >= 4 is 29.2 Å². The van der Waals surface area contributed by atoms with Gasteiger partial charge in [-0.05, 0) is 53.6 Å². The van der Waals surface area contributed by atoms with Crippen molar-refractivity contribution in [3.63, 3.8) is 0 Å². The van der Waals surface area contributed by atoms with E-state index >= 15 is 0 Å². The summed E-state index contributed by atoms with van der Waals surface area (Å²) in [7, 11) is 0. The third-order valence-electron chi connectivity index (χ3n) is 5.07. The van der Waals surface area contributed by atoms with Gasteiger partial charge in [0.25, 0.3) is 0 Å². The maximum Gasteiger partial charge on any atom is 0.422 e. The summed E-state index contributed by atoms with van der Waals surface area (Å²) in [5, 5.41) is 19.4. The molecular formula is C22H15Cl2F4NO4. The number of ether oxygens (including phenoxy) is 1. The predicted molar refractivity (Wildman–Crippen MR) is 112 cm³/mol. The SMILES string of the molecule is CC(c1ccc(Oc2ccc(F)c(C(=O)O)c2)cc1Cl)C(O)(c1ccnc(Cl)c1)C(F)(F)F. The molecule has 3 aromatic rings. The number of rotatable bonds is 6. The van der Waals surface area contributed by atoms with E-state index in [0.717, 1.165) is 37.4 Å². The molecule has 1 heterocycles. The molecule has 3 rings (SSSR count). The summed E-state index contributed by atoms with van der Waals surface area (Å²) in [6, 6.07) is 8.70. The van der Waals surface area contributed by atoms with Gasteiger partial charge in [0.2, 0.25) is 0 Å². The molecule has 2 atom stereocenters. The highest BCUT2D eigenvalue weighted by Crippen LogP contribution is 2.50. The Morgan fingerprint density at radius 1 is 1.06 bits per heavy atom. The van der Waals surface area contributed by atoms with Crippen molar-refractivity contribution in [2.45, 2.75) is 24.6 Å². The van der Waals surface area contributed by atoms with E-state index in [2.05, 4.69) is 4.98 Å². The molecule has 0 aliphatic rings.